The van der Waals surface area contributed by atoms with E-state index in [-0.39, 0.29) is 0 Å². The highest BCUT2D eigenvalue weighted by Crippen LogP contribution is 2.14. The van der Waals surface area contributed by atoms with E-state index >= 15 is 0 Å². The van der Waals surface area contributed by atoms with Gasteiger partial charge in [0.25, 0.3) is 0 Å². The van der Waals surface area contributed by atoms with Crippen LogP contribution < -0.4 is 5.73 Å². The zero-order valence-electron chi connectivity index (χ0n) is 14.3. The van der Waals surface area contributed by atoms with Gasteiger partial charge in [-0.3, -0.25) is 0 Å². The third-order valence-electron chi connectivity index (χ3n) is 4.05. The van der Waals surface area contributed by atoms with E-state index in [2.05, 4.69) is 6.92 Å². The Morgan fingerprint density at radius 2 is 1.41 bits per heavy atom. The smallest absolute Gasteiger partial charge is 0.126 e. The molecule has 0 aliphatic rings. The third-order valence-corrected chi connectivity index (χ3v) is 4.05. The molecular formula is C18H36FNO2. The van der Waals surface area contributed by atoms with Gasteiger partial charge in [-0.25, -0.2) is 4.39 Å². The van der Waals surface area contributed by atoms with Gasteiger partial charge in [0.2, 0.25) is 0 Å². The molecule has 4 N–H and O–H groups in total. The minimum Gasteiger partial charge on any atom is -0.395 e. The first-order valence-corrected chi connectivity index (χ1v) is 9.03. The summed E-state index contributed by atoms with van der Waals surface area (Å²) >= 11 is 0. The van der Waals surface area contributed by atoms with Crippen molar-refractivity contribution in [2.75, 3.05) is 6.61 Å². The zero-order chi connectivity index (χ0) is 16.6. The molecule has 4 heteroatoms. The highest BCUT2D eigenvalue weighted by atomic mass is 19.1. The van der Waals surface area contributed by atoms with E-state index in [0.29, 0.717) is 6.42 Å². The predicted molar refractivity (Wildman–Crippen MR) is 91.3 cm³/mol. The van der Waals surface area contributed by atoms with Gasteiger partial charge < -0.3 is 15.9 Å². The molecule has 0 aromatic carbocycles. The Hall–Kier alpha value is -0.450. The van der Waals surface area contributed by atoms with E-state index in [4.69, 9.17) is 10.8 Å². The number of hydrogen-bond donors (Lipinski definition) is 3. The molecule has 0 aromatic rings. The van der Waals surface area contributed by atoms with Crippen LogP contribution >= 0.6 is 0 Å². The van der Waals surface area contributed by atoms with Gasteiger partial charge in [0, 0.05) is 0 Å². The van der Waals surface area contributed by atoms with Crippen LogP contribution in [-0.2, 0) is 0 Å². The summed E-state index contributed by atoms with van der Waals surface area (Å²) < 4.78 is 13.5. The molecule has 0 bridgehead atoms. The lowest BCUT2D eigenvalue weighted by Gasteiger charge is -2.14. The van der Waals surface area contributed by atoms with Crippen molar-refractivity contribution in [1.82, 2.24) is 0 Å². The van der Waals surface area contributed by atoms with E-state index in [9.17, 15) is 9.50 Å². The zero-order valence-corrected chi connectivity index (χ0v) is 14.3. The molecule has 2 atom stereocenters. The van der Waals surface area contributed by atoms with Gasteiger partial charge in [-0.1, -0.05) is 77.2 Å². The summed E-state index contributed by atoms with van der Waals surface area (Å²) in [5.74, 6) is -0.617. The highest BCUT2D eigenvalue weighted by molar-refractivity contribution is 5.02. The second kappa shape index (κ2) is 15.4. The standard InChI is InChI=1S/C18H36FNO2/c1-2-3-4-5-6-7-8-9-10-11-12-13-14-16(19)18(22)17(20)15-21/h14,17-18,21-22H,2-13,15,20H2,1H3/t17-,18+/m0/s1. The molecule has 0 rings (SSSR count). The number of aliphatic hydroxyl groups is 2. The van der Waals surface area contributed by atoms with Crippen molar-refractivity contribution in [2.45, 2.75) is 96.1 Å². The Labute approximate surface area is 135 Å². The first-order valence-electron chi connectivity index (χ1n) is 9.03. The van der Waals surface area contributed by atoms with Gasteiger partial charge in [0.1, 0.15) is 11.9 Å². The van der Waals surface area contributed by atoms with Crippen LogP contribution in [-0.4, -0.2) is 29.0 Å². The first-order chi connectivity index (χ1) is 10.6. The van der Waals surface area contributed by atoms with Gasteiger partial charge in [0.15, 0.2) is 0 Å². The van der Waals surface area contributed by atoms with Crippen molar-refractivity contribution < 1.29 is 14.6 Å². The number of rotatable bonds is 15. The van der Waals surface area contributed by atoms with Crippen LogP contribution in [0, 0.1) is 0 Å². The maximum Gasteiger partial charge on any atom is 0.126 e. The fourth-order valence-electron chi connectivity index (χ4n) is 2.47. The lowest BCUT2D eigenvalue weighted by atomic mass is 10.0. The monoisotopic (exact) mass is 317 g/mol. The number of allylic oxidation sites excluding steroid dienone is 1. The van der Waals surface area contributed by atoms with Gasteiger partial charge in [-0.05, 0) is 12.8 Å². The molecule has 22 heavy (non-hydrogen) atoms. The summed E-state index contributed by atoms with van der Waals surface area (Å²) in [6, 6.07) is -0.937. The van der Waals surface area contributed by atoms with Crippen molar-refractivity contribution in [3.8, 4) is 0 Å². The summed E-state index contributed by atoms with van der Waals surface area (Å²) in [4.78, 5) is 0. The van der Waals surface area contributed by atoms with Gasteiger partial charge in [-0.2, -0.15) is 0 Å². The fraction of sp³-hybridized carbons (Fsp3) is 0.889. The van der Waals surface area contributed by atoms with Crippen LogP contribution in [0.15, 0.2) is 11.9 Å². The number of nitrogens with two attached hydrogens (primary N) is 1. The summed E-state index contributed by atoms with van der Waals surface area (Å²) in [5.41, 5.74) is 5.37. The second-order valence-corrected chi connectivity index (χ2v) is 6.20. The van der Waals surface area contributed by atoms with Crippen LogP contribution in [0.25, 0.3) is 0 Å². The molecule has 0 spiro atoms. The van der Waals surface area contributed by atoms with Gasteiger partial charge in [-0.15, -0.1) is 0 Å². The molecule has 0 fully saturated rings. The van der Waals surface area contributed by atoms with Crippen LogP contribution in [0.5, 0.6) is 0 Å². The van der Waals surface area contributed by atoms with Crippen molar-refractivity contribution in [1.29, 1.82) is 0 Å². The molecule has 0 aliphatic heterocycles. The lowest BCUT2D eigenvalue weighted by Crippen LogP contribution is -2.38. The molecule has 0 radical (unpaired) electrons. The Balaban J connectivity index is 3.39. The number of halogens is 1. The minimum atomic E-state index is -1.38. The molecule has 0 heterocycles. The Morgan fingerprint density at radius 3 is 1.86 bits per heavy atom. The molecule has 0 saturated carbocycles. The third kappa shape index (κ3) is 12.1. The molecule has 0 saturated heterocycles. The number of hydrogen-bond acceptors (Lipinski definition) is 3. The summed E-state index contributed by atoms with van der Waals surface area (Å²) in [6.07, 6.45) is 14.6. The van der Waals surface area contributed by atoms with Crippen molar-refractivity contribution >= 4 is 0 Å². The molecule has 0 amide bonds. The minimum absolute atomic E-state index is 0.416. The van der Waals surface area contributed by atoms with Crippen LogP contribution in [0.2, 0.25) is 0 Å². The number of unbranched alkanes of at least 4 members (excludes halogenated alkanes) is 11. The van der Waals surface area contributed by atoms with E-state index in [1.807, 2.05) is 0 Å². The lowest BCUT2D eigenvalue weighted by molar-refractivity contribution is 0.117. The van der Waals surface area contributed by atoms with E-state index in [0.717, 1.165) is 12.8 Å². The van der Waals surface area contributed by atoms with Gasteiger partial charge in [0.05, 0.1) is 12.6 Å². The largest absolute Gasteiger partial charge is 0.395 e. The topological polar surface area (TPSA) is 66.5 Å². The maximum atomic E-state index is 13.5. The quantitative estimate of drug-likeness (QED) is 0.396. The van der Waals surface area contributed by atoms with Crippen LogP contribution in [0.3, 0.4) is 0 Å². The average Bonchev–Trinajstić information content (AvgIpc) is 2.54. The highest BCUT2D eigenvalue weighted by Gasteiger charge is 2.17. The van der Waals surface area contributed by atoms with Crippen molar-refractivity contribution in [3.63, 3.8) is 0 Å². The van der Waals surface area contributed by atoms with Crippen molar-refractivity contribution in [3.05, 3.63) is 11.9 Å². The maximum absolute atomic E-state index is 13.5. The molecule has 0 unspecified atom stereocenters. The molecule has 3 nitrogen and oxygen atoms in total. The Morgan fingerprint density at radius 1 is 0.955 bits per heavy atom. The van der Waals surface area contributed by atoms with Crippen molar-refractivity contribution in [2.24, 2.45) is 5.73 Å². The Bertz CT molecular complexity index is 272. The van der Waals surface area contributed by atoms with Gasteiger partial charge >= 0.3 is 0 Å². The summed E-state index contributed by atoms with van der Waals surface area (Å²) in [7, 11) is 0. The predicted octanol–water partition coefficient (Wildman–Crippen LogP) is 4.22. The van der Waals surface area contributed by atoms with Crippen LogP contribution in [0.4, 0.5) is 4.39 Å². The Kier molecular flexibility index (Phi) is 15.1. The number of aliphatic hydroxyl groups excluding tert-OH is 2. The normalized spacial score (nSPS) is 15.0. The second-order valence-electron chi connectivity index (χ2n) is 6.20. The molecular weight excluding hydrogens is 281 g/mol. The van der Waals surface area contributed by atoms with E-state index < -0.39 is 24.6 Å². The average molecular weight is 317 g/mol. The van der Waals surface area contributed by atoms with Crippen LogP contribution in [0.1, 0.15) is 84.0 Å². The van der Waals surface area contributed by atoms with E-state index in [1.54, 1.807) is 0 Å². The molecule has 132 valence electrons. The van der Waals surface area contributed by atoms with E-state index in [1.165, 1.54) is 63.9 Å². The SMILES string of the molecule is CCCCCCCCCCCCCC=C(F)[C@@H](O)[C@@H](N)CO. The summed E-state index contributed by atoms with van der Waals surface area (Å²) in [6.45, 7) is 1.82. The summed E-state index contributed by atoms with van der Waals surface area (Å²) in [5, 5.41) is 18.2. The molecule has 0 aliphatic carbocycles. The first kappa shape index (κ1) is 21.6. The fourth-order valence-corrected chi connectivity index (χ4v) is 2.47. The molecule has 0 aromatic heterocycles.